The normalized spacial score (nSPS) is 20.0. The summed E-state index contributed by atoms with van der Waals surface area (Å²) in [6.45, 7) is 2.55. The third-order valence-corrected chi connectivity index (χ3v) is 7.57. The molecule has 0 aliphatic heterocycles. The largest absolute Gasteiger partial charge is 0.417 e. The van der Waals surface area contributed by atoms with E-state index in [-0.39, 0.29) is 35.9 Å². The Kier molecular flexibility index (Phi) is 7.83. The van der Waals surface area contributed by atoms with E-state index in [0.29, 0.717) is 12.4 Å². The first-order valence-electron chi connectivity index (χ1n) is 13.4. The van der Waals surface area contributed by atoms with Gasteiger partial charge in [0.1, 0.15) is 0 Å². The van der Waals surface area contributed by atoms with Crippen molar-refractivity contribution in [2.24, 2.45) is 5.92 Å². The number of nitrogens with zero attached hydrogens (tertiary/aromatic N) is 2. The molecule has 0 spiro atoms. The molecule has 0 bridgehead atoms. The summed E-state index contributed by atoms with van der Waals surface area (Å²) in [7, 11) is 0. The Hall–Kier alpha value is -3.67. The highest BCUT2D eigenvalue weighted by Gasteiger charge is 2.35. The minimum absolute atomic E-state index is 0.0158. The number of aromatic nitrogens is 1. The molecule has 6 heteroatoms. The van der Waals surface area contributed by atoms with E-state index in [1.165, 1.54) is 5.56 Å². The summed E-state index contributed by atoms with van der Waals surface area (Å²) < 4.78 is 5.50. The van der Waals surface area contributed by atoms with Crippen LogP contribution < -0.4 is 10.1 Å². The number of rotatable bonds is 8. The minimum Gasteiger partial charge on any atom is -0.391 e. The van der Waals surface area contributed by atoms with Gasteiger partial charge in [0, 0.05) is 30.8 Å². The van der Waals surface area contributed by atoms with Crippen molar-refractivity contribution in [3.05, 3.63) is 95.7 Å². The fourth-order valence-corrected chi connectivity index (χ4v) is 5.34. The van der Waals surface area contributed by atoms with Gasteiger partial charge in [0.2, 0.25) is 11.8 Å². The SMILES string of the molecule is C[C@H](NC(=O)[C@H]1CCCC[C@@H]1c1ccc(CN(C(=O)Oc2ccccn2)C2CC2)cc1)c1ccccc1. The molecule has 3 aromatic rings. The molecule has 2 aliphatic rings. The van der Waals surface area contributed by atoms with Crippen LogP contribution in [-0.4, -0.2) is 27.9 Å². The van der Waals surface area contributed by atoms with E-state index < -0.39 is 0 Å². The monoisotopic (exact) mass is 497 g/mol. The lowest BCUT2D eigenvalue weighted by molar-refractivity contribution is -0.127. The van der Waals surface area contributed by atoms with Crippen LogP contribution in [0.4, 0.5) is 4.79 Å². The van der Waals surface area contributed by atoms with E-state index in [2.05, 4.69) is 46.7 Å². The van der Waals surface area contributed by atoms with Gasteiger partial charge in [-0.3, -0.25) is 4.79 Å². The van der Waals surface area contributed by atoms with Crippen molar-refractivity contribution in [1.29, 1.82) is 0 Å². The van der Waals surface area contributed by atoms with Crippen molar-refractivity contribution < 1.29 is 14.3 Å². The number of benzene rings is 2. The van der Waals surface area contributed by atoms with Crippen molar-refractivity contribution >= 4 is 12.0 Å². The van der Waals surface area contributed by atoms with Crippen LogP contribution in [0.3, 0.4) is 0 Å². The molecule has 0 unspecified atom stereocenters. The van der Waals surface area contributed by atoms with Crippen LogP contribution in [0.15, 0.2) is 79.0 Å². The second-order valence-electron chi connectivity index (χ2n) is 10.3. The molecule has 2 amide bonds. The summed E-state index contributed by atoms with van der Waals surface area (Å²) in [4.78, 5) is 32.1. The first-order valence-corrected chi connectivity index (χ1v) is 13.4. The molecular formula is C31H35N3O3. The van der Waals surface area contributed by atoms with Crippen LogP contribution in [0.1, 0.15) is 74.1 Å². The summed E-state index contributed by atoms with van der Waals surface area (Å²) in [5.74, 6) is 0.639. The summed E-state index contributed by atoms with van der Waals surface area (Å²) in [6, 6.07) is 24.1. The molecule has 1 heterocycles. The number of amides is 2. The van der Waals surface area contributed by atoms with Gasteiger partial charge in [-0.25, -0.2) is 9.78 Å². The maximum Gasteiger partial charge on any atom is 0.417 e. The van der Waals surface area contributed by atoms with Crippen LogP contribution in [0, 0.1) is 5.92 Å². The zero-order valence-electron chi connectivity index (χ0n) is 21.4. The highest BCUT2D eigenvalue weighted by atomic mass is 16.6. The van der Waals surface area contributed by atoms with E-state index in [1.54, 1.807) is 29.3 Å². The van der Waals surface area contributed by atoms with Gasteiger partial charge in [-0.15, -0.1) is 0 Å². The maximum atomic E-state index is 13.3. The van der Waals surface area contributed by atoms with Gasteiger partial charge in [-0.1, -0.05) is 73.5 Å². The average Bonchev–Trinajstić information content (AvgIpc) is 3.78. The zero-order valence-corrected chi connectivity index (χ0v) is 21.4. The molecule has 3 atom stereocenters. The van der Waals surface area contributed by atoms with Gasteiger partial charge in [0.15, 0.2) is 0 Å². The van der Waals surface area contributed by atoms with Gasteiger partial charge in [0.25, 0.3) is 0 Å². The van der Waals surface area contributed by atoms with Crippen molar-refractivity contribution in [3.8, 4) is 5.88 Å². The minimum atomic E-state index is -0.359. The first-order chi connectivity index (χ1) is 18.1. The van der Waals surface area contributed by atoms with Crippen molar-refractivity contribution in [3.63, 3.8) is 0 Å². The zero-order chi connectivity index (χ0) is 25.6. The first kappa shape index (κ1) is 25.0. The number of pyridine rings is 1. The van der Waals surface area contributed by atoms with Crippen molar-refractivity contribution in [2.45, 2.75) is 70.0 Å². The number of carbonyl (C=O) groups is 2. The molecule has 2 saturated carbocycles. The molecule has 6 nitrogen and oxygen atoms in total. The highest BCUT2D eigenvalue weighted by molar-refractivity contribution is 5.80. The van der Waals surface area contributed by atoms with Crippen LogP contribution in [-0.2, 0) is 11.3 Å². The quantitative estimate of drug-likeness (QED) is 0.391. The molecule has 1 aromatic heterocycles. The Morgan fingerprint density at radius 2 is 1.68 bits per heavy atom. The second-order valence-corrected chi connectivity index (χ2v) is 10.3. The molecule has 0 radical (unpaired) electrons. The maximum absolute atomic E-state index is 13.3. The Labute approximate surface area is 219 Å². The lowest BCUT2D eigenvalue weighted by Crippen LogP contribution is -2.37. The Bertz CT molecular complexity index is 1180. The van der Waals surface area contributed by atoms with Crippen molar-refractivity contribution in [1.82, 2.24) is 15.2 Å². The van der Waals surface area contributed by atoms with Crippen molar-refractivity contribution in [2.75, 3.05) is 0 Å². The van der Waals surface area contributed by atoms with E-state index in [1.807, 2.05) is 25.1 Å². The van der Waals surface area contributed by atoms with Gasteiger partial charge in [0.05, 0.1) is 6.04 Å². The molecule has 37 heavy (non-hydrogen) atoms. The third kappa shape index (κ3) is 6.37. The van der Waals surface area contributed by atoms with E-state index in [4.69, 9.17) is 4.74 Å². The number of hydrogen-bond donors (Lipinski definition) is 1. The van der Waals surface area contributed by atoms with Gasteiger partial charge < -0.3 is 15.0 Å². The predicted octanol–water partition coefficient (Wildman–Crippen LogP) is 6.40. The van der Waals surface area contributed by atoms with Crippen LogP contribution >= 0.6 is 0 Å². The summed E-state index contributed by atoms with van der Waals surface area (Å²) in [5.41, 5.74) is 3.38. The lowest BCUT2D eigenvalue weighted by Gasteiger charge is -2.32. The predicted molar refractivity (Wildman–Crippen MR) is 143 cm³/mol. The fourth-order valence-electron chi connectivity index (χ4n) is 5.34. The smallest absolute Gasteiger partial charge is 0.391 e. The van der Waals surface area contributed by atoms with Gasteiger partial charge in [-0.05, 0) is 61.3 Å². The van der Waals surface area contributed by atoms with Crippen LogP contribution in [0.5, 0.6) is 5.88 Å². The Morgan fingerprint density at radius 1 is 0.946 bits per heavy atom. The fraction of sp³-hybridized carbons (Fsp3) is 0.387. The highest BCUT2D eigenvalue weighted by Crippen LogP contribution is 2.38. The molecule has 0 saturated heterocycles. The standard InChI is InChI=1S/C31H35N3O3/c1-22(24-9-3-2-4-10-24)33-30(35)28-12-6-5-11-27(28)25-16-14-23(15-17-25)21-34(26-18-19-26)31(36)37-29-13-7-8-20-32-29/h2-4,7-10,13-17,20,22,26-28H,5-6,11-12,18-19,21H2,1H3,(H,33,35)/t22-,27+,28-/m0/s1. The molecule has 2 aromatic carbocycles. The Balaban J connectivity index is 1.24. The molecule has 5 rings (SSSR count). The molecule has 2 aliphatic carbocycles. The number of hydrogen-bond acceptors (Lipinski definition) is 4. The number of carbonyl (C=O) groups excluding carboxylic acids is 2. The lowest BCUT2D eigenvalue weighted by atomic mass is 9.74. The summed E-state index contributed by atoms with van der Waals surface area (Å²) in [5, 5.41) is 3.25. The van der Waals surface area contributed by atoms with Gasteiger partial charge >= 0.3 is 6.09 Å². The van der Waals surface area contributed by atoms with E-state index in [0.717, 1.165) is 49.7 Å². The molecule has 1 N–H and O–H groups in total. The number of ether oxygens (including phenoxy) is 1. The Morgan fingerprint density at radius 3 is 2.38 bits per heavy atom. The van der Waals surface area contributed by atoms with Gasteiger partial charge in [-0.2, -0.15) is 0 Å². The molecule has 2 fully saturated rings. The topological polar surface area (TPSA) is 71.5 Å². The third-order valence-electron chi connectivity index (χ3n) is 7.57. The molecule has 192 valence electrons. The molecular weight excluding hydrogens is 462 g/mol. The average molecular weight is 498 g/mol. The number of nitrogens with one attached hydrogen (secondary N) is 1. The van der Waals surface area contributed by atoms with Crippen LogP contribution in [0.2, 0.25) is 0 Å². The second kappa shape index (κ2) is 11.6. The van der Waals surface area contributed by atoms with Crippen LogP contribution in [0.25, 0.3) is 0 Å². The summed E-state index contributed by atoms with van der Waals surface area (Å²) in [6.07, 6.45) is 7.40. The van der Waals surface area contributed by atoms with E-state index in [9.17, 15) is 9.59 Å². The van der Waals surface area contributed by atoms with E-state index >= 15 is 0 Å². The summed E-state index contributed by atoms with van der Waals surface area (Å²) >= 11 is 0.